The highest BCUT2D eigenvalue weighted by atomic mass is 79.9. The van der Waals surface area contributed by atoms with Crippen LogP contribution < -0.4 is 0 Å². The van der Waals surface area contributed by atoms with Crippen LogP contribution in [-0.4, -0.2) is 17.2 Å². The fourth-order valence-electron chi connectivity index (χ4n) is 4.91. The molecule has 0 aliphatic heterocycles. The molecule has 32 heavy (non-hydrogen) atoms. The Morgan fingerprint density at radius 2 is 1.75 bits per heavy atom. The second kappa shape index (κ2) is 15.7. The molecule has 0 heterocycles. The quantitative estimate of drug-likeness (QED) is 0.203. The lowest BCUT2D eigenvalue weighted by molar-refractivity contribution is -0.138. The van der Waals surface area contributed by atoms with Crippen molar-refractivity contribution in [3.63, 3.8) is 0 Å². The highest BCUT2D eigenvalue weighted by Crippen LogP contribution is 2.44. The van der Waals surface area contributed by atoms with Crippen molar-refractivity contribution in [3.05, 3.63) is 46.5 Å². The second-order valence-electron chi connectivity index (χ2n) is 9.50. The number of carbonyl (C=O) groups is 1. The van der Waals surface area contributed by atoms with Gasteiger partial charge in [0.2, 0.25) is 0 Å². The Morgan fingerprint density at radius 3 is 2.31 bits per heavy atom. The van der Waals surface area contributed by atoms with E-state index in [-0.39, 0.29) is 12.5 Å². The van der Waals surface area contributed by atoms with Crippen LogP contribution in [0.25, 0.3) is 0 Å². The van der Waals surface area contributed by atoms with E-state index >= 15 is 0 Å². The van der Waals surface area contributed by atoms with Gasteiger partial charge in [-0.2, -0.15) is 0 Å². The molecule has 0 saturated heterocycles. The number of benzene rings is 1. The van der Waals surface area contributed by atoms with Gasteiger partial charge in [0.25, 0.3) is 0 Å². The maximum Gasteiger partial charge on any atom is 0.303 e. The lowest BCUT2D eigenvalue weighted by Gasteiger charge is -2.17. The van der Waals surface area contributed by atoms with E-state index in [1.54, 1.807) is 0 Å². The van der Waals surface area contributed by atoms with Gasteiger partial charge < -0.3 is 9.84 Å². The summed E-state index contributed by atoms with van der Waals surface area (Å²) < 4.78 is 7.02. The van der Waals surface area contributed by atoms with Crippen molar-refractivity contribution in [1.82, 2.24) is 0 Å². The van der Waals surface area contributed by atoms with E-state index in [0.717, 1.165) is 40.6 Å². The number of carboxylic acids is 1. The summed E-state index contributed by atoms with van der Waals surface area (Å²) in [4.78, 5) is 10.8. The number of ether oxygens (including phenoxy) is 1. The van der Waals surface area contributed by atoms with Crippen molar-refractivity contribution in [1.29, 1.82) is 0 Å². The molecule has 0 amide bonds. The van der Waals surface area contributed by atoms with Gasteiger partial charge in [0.15, 0.2) is 0 Å². The topological polar surface area (TPSA) is 46.5 Å². The lowest BCUT2D eigenvalue weighted by atomic mass is 9.91. The summed E-state index contributed by atoms with van der Waals surface area (Å²) in [6.07, 6.45) is 18.4. The maximum absolute atomic E-state index is 10.8. The van der Waals surface area contributed by atoms with Crippen LogP contribution >= 0.6 is 15.9 Å². The molecule has 1 saturated carbocycles. The number of fused-ring (bicyclic) bond motifs is 2. The lowest BCUT2D eigenvalue weighted by Crippen LogP contribution is -2.15. The van der Waals surface area contributed by atoms with E-state index in [9.17, 15) is 4.79 Å². The van der Waals surface area contributed by atoms with Crippen molar-refractivity contribution in [2.24, 2.45) is 17.8 Å². The molecule has 3 rings (SSSR count). The minimum Gasteiger partial charge on any atom is -0.481 e. The number of halogens is 1. The van der Waals surface area contributed by atoms with Crippen LogP contribution in [0, 0.1) is 17.8 Å². The highest BCUT2D eigenvalue weighted by Gasteiger charge is 2.33. The first kappa shape index (κ1) is 27.1. The SMILES string of the molecule is CCC1CC2C=CC1C2.CCCCCCCCC(CCC(=O)O)OCc1ccc(Br)cc1. The molecule has 0 radical (unpaired) electrons. The smallest absolute Gasteiger partial charge is 0.303 e. The molecule has 1 aromatic rings. The van der Waals surface area contributed by atoms with Gasteiger partial charge in [0.05, 0.1) is 12.7 Å². The third-order valence-corrected chi connectivity index (χ3v) is 7.43. The zero-order valence-electron chi connectivity index (χ0n) is 20.1. The molecule has 4 heteroatoms. The van der Waals surface area contributed by atoms with E-state index in [4.69, 9.17) is 9.84 Å². The Morgan fingerprint density at radius 1 is 1.03 bits per heavy atom. The summed E-state index contributed by atoms with van der Waals surface area (Å²) in [6, 6.07) is 8.06. The molecule has 0 aromatic heterocycles. The number of unbranched alkanes of at least 4 members (excludes halogenated alkanes) is 5. The minimum atomic E-state index is -0.745. The van der Waals surface area contributed by atoms with Crippen LogP contribution in [0.2, 0.25) is 0 Å². The molecule has 2 bridgehead atoms. The molecule has 180 valence electrons. The normalized spacial score (nSPS) is 21.9. The monoisotopic (exact) mass is 506 g/mol. The maximum atomic E-state index is 10.8. The zero-order chi connectivity index (χ0) is 23.2. The number of allylic oxidation sites excluding steroid dienone is 2. The fraction of sp³-hybridized carbons (Fsp3) is 0.679. The predicted octanol–water partition coefficient (Wildman–Crippen LogP) is 8.56. The summed E-state index contributed by atoms with van der Waals surface area (Å²) in [6.45, 7) is 5.09. The average molecular weight is 508 g/mol. The van der Waals surface area contributed by atoms with Crippen LogP contribution in [0.15, 0.2) is 40.9 Å². The molecule has 2 aliphatic carbocycles. The highest BCUT2D eigenvalue weighted by molar-refractivity contribution is 9.10. The Labute approximate surface area is 204 Å². The van der Waals surface area contributed by atoms with Gasteiger partial charge in [-0.1, -0.05) is 99.0 Å². The fourth-order valence-corrected chi connectivity index (χ4v) is 5.17. The second-order valence-corrected chi connectivity index (χ2v) is 10.4. The Balaban J connectivity index is 0.000000329. The molecule has 1 fully saturated rings. The molecular formula is C28H43BrO3. The number of hydrogen-bond acceptors (Lipinski definition) is 2. The molecule has 1 N–H and O–H groups in total. The number of aliphatic carboxylic acids is 1. The first-order valence-corrected chi connectivity index (χ1v) is 13.6. The van der Waals surface area contributed by atoms with Crippen LogP contribution in [-0.2, 0) is 16.1 Å². The van der Waals surface area contributed by atoms with Gasteiger partial charge in [-0.25, -0.2) is 0 Å². The van der Waals surface area contributed by atoms with Gasteiger partial charge in [0.1, 0.15) is 0 Å². The molecule has 3 nitrogen and oxygen atoms in total. The van der Waals surface area contributed by atoms with E-state index in [0.29, 0.717) is 13.0 Å². The van der Waals surface area contributed by atoms with Crippen molar-refractivity contribution in [2.75, 3.05) is 0 Å². The van der Waals surface area contributed by atoms with Crippen LogP contribution in [0.1, 0.15) is 96.5 Å². The molecule has 2 aliphatic rings. The summed E-state index contributed by atoms with van der Waals surface area (Å²) in [7, 11) is 0. The molecule has 0 spiro atoms. The summed E-state index contributed by atoms with van der Waals surface area (Å²) in [5.41, 5.74) is 1.12. The van der Waals surface area contributed by atoms with Gasteiger partial charge in [-0.05, 0) is 61.1 Å². The van der Waals surface area contributed by atoms with E-state index < -0.39 is 5.97 Å². The van der Waals surface area contributed by atoms with Gasteiger partial charge >= 0.3 is 5.97 Å². The zero-order valence-corrected chi connectivity index (χ0v) is 21.7. The van der Waals surface area contributed by atoms with E-state index in [1.807, 2.05) is 24.3 Å². The van der Waals surface area contributed by atoms with Crippen molar-refractivity contribution in [2.45, 2.75) is 104 Å². The van der Waals surface area contributed by atoms with Crippen molar-refractivity contribution < 1.29 is 14.6 Å². The van der Waals surface area contributed by atoms with Crippen molar-refractivity contribution >= 4 is 21.9 Å². The summed E-state index contributed by atoms with van der Waals surface area (Å²) >= 11 is 3.42. The number of carboxylic acid groups (broad SMARTS) is 1. The number of hydrogen-bond donors (Lipinski definition) is 1. The molecule has 4 unspecified atom stereocenters. The van der Waals surface area contributed by atoms with E-state index in [2.05, 4.69) is 41.9 Å². The van der Waals surface area contributed by atoms with Crippen LogP contribution in [0.5, 0.6) is 0 Å². The first-order valence-electron chi connectivity index (χ1n) is 12.8. The van der Waals surface area contributed by atoms with Gasteiger partial charge in [0, 0.05) is 10.9 Å². The standard InChI is InChI=1S/C19H29BrO3.C9H14/c1-2-3-4-5-6-7-8-18(13-14-19(21)22)23-15-16-9-11-17(20)12-10-16;1-2-8-5-7-3-4-9(8)6-7/h9-12,18H,2-8,13-15H2,1H3,(H,21,22);3-4,7-9H,2,5-6H2,1H3. The number of rotatable bonds is 14. The molecule has 4 atom stereocenters. The third-order valence-electron chi connectivity index (χ3n) is 6.90. The first-order chi connectivity index (χ1) is 15.5. The van der Waals surface area contributed by atoms with E-state index in [1.165, 1.54) is 51.4 Å². The van der Waals surface area contributed by atoms with Crippen LogP contribution in [0.3, 0.4) is 0 Å². The third kappa shape index (κ3) is 10.7. The Kier molecular flexibility index (Phi) is 13.3. The average Bonchev–Trinajstić information content (AvgIpc) is 3.42. The Bertz CT molecular complexity index is 670. The molecular weight excluding hydrogens is 464 g/mol. The summed E-state index contributed by atoms with van der Waals surface area (Å²) in [5, 5.41) is 8.89. The molecule has 1 aromatic carbocycles. The summed E-state index contributed by atoms with van der Waals surface area (Å²) in [5.74, 6) is 2.24. The minimum absolute atomic E-state index is 0.0425. The largest absolute Gasteiger partial charge is 0.481 e. The van der Waals surface area contributed by atoms with Crippen LogP contribution in [0.4, 0.5) is 0 Å². The van der Waals surface area contributed by atoms with Crippen molar-refractivity contribution in [3.8, 4) is 0 Å². The Hall–Kier alpha value is -1.13. The predicted molar refractivity (Wildman–Crippen MR) is 137 cm³/mol. The van der Waals surface area contributed by atoms with Gasteiger partial charge in [-0.15, -0.1) is 0 Å². The van der Waals surface area contributed by atoms with Gasteiger partial charge in [-0.3, -0.25) is 4.79 Å².